The molecule has 0 saturated carbocycles. The van der Waals surface area contributed by atoms with Crippen LogP contribution in [0.3, 0.4) is 0 Å². The second kappa shape index (κ2) is 9.47. The molecule has 9 heteroatoms. The predicted molar refractivity (Wildman–Crippen MR) is 95.1 cm³/mol. The Morgan fingerprint density at radius 2 is 2.08 bits per heavy atom. The fourth-order valence-corrected chi connectivity index (χ4v) is 4.59. The van der Waals surface area contributed by atoms with E-state index in [2.05, 4.69) is 5.32 Å². The van der Waals surface area contributed by atoms with Gasteiger partial charge in [0.15, 0.2) is 0 Å². The molecule has 0 radical (unpaired) electrons. The number of benzene rings is 1. The van der Waals surface area contributed by atoms with Crippen molar-refractivity contribution in [3.8, 4) is 0 Å². The first-order chi connectivity index (χ1) is 11.4. The standard InChI is InChI=1S/C16H23FN2O4S.ClH/c1-3-7-19(14-5-6-18-11-14)24(21,22)15-9-12(8-13(17)10-15)16(20)23-4-2;/h8-10,14,18H,3-7,11H2,1-2H3;1H. The van der Waals surface area contributed by atoms with Crippen molar-refractivity contribution in [2.75, 3.05) is 26.2 Å². The van der Waals surface area contributed by atoms with Crippen molar-refractivity contribution in [1.82, 2.24) is 9.62 Å². The van der Waals surface area contributed by atoms with Crippen LogP contribution in [0.4, 0.5) is 4.39 Å². The predicted octanol–water partition coefficient (Wildman–Crippen LogP) is 2.19. The quantitative estimate of drug-likeness (QED) is 0.717. The first-order valence-electron chi connectivity index (χ1n) is 8.10. The fourth-order valence-electron chi connectivity index (χ4n) is 2.78. The first kappa shape index (κ1) is 21.8. The maximum atomic E-state index is 13.9. The average molecular weight is 395 g/mol. The van der Waals surface area contributed by atoms with Crippen molar-refractivity contribution in [3.05, 3.63) is 29.6 Å². The number of hydrogen-bond acceptors (Lipinski definition) is 5. The summed E-state index contributed by atoms with van der Waals surface area (Å²) in [5, 5.41) is 3.14. The van der Waals surface area contributed by atoms with Gasteiger partial charge in [-0.2, -0.15) is 4.31 Å². The van der Waals surface area contributed by atoms with Crippen molar-refractivity contribution in [1.29, 1.82) is 0 Å². The molecule has 1 aliphatic rings. The summed E-state index contributed by atoms with van der Waals surface area (Å²) in [6.07, 6.45) is 1.36. The van der Waals surface area contributed by atoms with Crippen LogP contribution in [0.5, 0.6) is 0 Å². The molecule has 2 rings (SSSR count). The molecular weight excluding hydrogens is 371 g/mol. The van der Waals surface area contributed by atoms with E-state index in [4.69, 9.17) is 4.74 Å². The van der Waals surface area contributed by atoms with E-state index in [-0.39, 0.29) is 35.5 Å². The van der Waals surface area contributed by atoms with Gasteiger partial charge < -0.3 is 10.1 Å². The summed E-state index contributed by atoms with van der Waals surface area (Å²) in [5.41, 5.74) is -0.101. The SMILES string of the molecule is CCCN(C1CCNC1)S(=O)(=O)c1cc(F)cc(C(=O)OCC)c1.Cl. The van der Waals surface area contributed by atoms with E-state index in [1.165, 1.54) is 10.4 Å². The minimum atomic E-state index is -3.89. The molecule has 1 N–H and O–H groups in total. The van der Waals surface area contributed by atoms with Crippen LogP contribution in [0, 0.1) is 5.82 Å². The largest absolute Gasteiger partial charge is 0.462 e. The number of halogens is 2. The van der Waals surface area contributed by atoms with Crippen LogP contribution in [-0.4, -0.2) is 51.0 Å². The topological polar surface area (TPSA) is 75.7 Å². The van der Waals surface area contributed by atoms with Gasteiger partial charge in [0.2, 0.25) is 10.0 Å². The van der Waals surface area contributed by atoms with E-state index >= 15 is 0 Å². The summed E-state index contributed by atoms with van der Waals surface area (Å²) in [7, 11) is -3.89. The van der Waals surface area contributed by atoms with E-state index in [1.54, 1.807) is 6.92 Å². The van der Waals surface area contributed by atoms with Gasteiger partial charge in [-0.1, -0.05) is 6.92 Å². The van der Waals surface area contributed by atoms with E-state index in [1.807, 2.05) is 6.92 Å². The molecule has 1 aliphatic heterocycles. The van der Waals surface area contributed by atoms with Gasteiger partial charge in [-0.15, -0.1) is 12.4 Å². The van der Waals surface area contributed by atoms with E-state index in [0.717, 1.165) is 18.7 Å². The van der Waals surface area contributed by atoms with Crippen molar-refractivity contribution in [3.63, 3.8) is 0 Å². The lowest BCUT2D eigenvalue weighted by Crippen LogP contribution is -2.42. The van der Waals surface area contributed by atoms with Gasteiger partial charge in [-0.05, 0) is 44.5 Å². The smallest absolute Gasteiger partial charge is 0.338 e. The van der Waals surface area contributed by atoms with Gasteiger partial charge in [-0.3, -0.25) is 0 Å². The second-order valence-corrected chi connectivity index (χ2v) is 7.55. The van der Waals surface area contributed by atoms with Crippen molar-refractivity contribution >= 4 is 28.4 Å². The molecule has 1 fully saturated rings. The van der Waals surface area contributed by atoms with E-state index in [9.17, 15) is 17.6 Å². The fraction of sp³-hybridized carbons (Fsp3) is 0.562. The molecule has 0 aliphatic carbocycles. The Balaban J connectivity index is 0.00000312. The molecule has 1 heterocycles. The summed E-state index contributed by atoms with van der Waals surface area (Å²) in [4.78, 5) is 11.6. The zero-order chi connectivity index (χ0) is 17.7. The summed E-state index contributed by atoms with van der Waals surface area (Å²) < 4.78 is 46.1. The maximum Gasteiger partial charge on any atom is 0.338 e. The molecule has 0 amide bonds. The van der Waals surface area contributed by atoms with Crippen LogP contribution in [0.1, 0.15) is 37.0 Å². The van der Waals surface area contributed by atoms with Crippen molar-refractivity contribution in [2.24, 2.45) is 0 Å². The number of rotatable bonds is 7. The lowest BCUT2D eigenvalue weighted by atomic mass is 10.2. The molecule has 1 saturated heterocycles. The summed E-state index contributed by atoms with van der Waals surface area (Å²) in [5.74, 6) is -1.52. The normalized spacial score (nSPS) is 17.4. The van der Waals surface area contributed by atoms with Crippen LogP contribution in [0.15, 0.2) is 23.1 Å². The van der Waals surface area contributed by atoms with E-state index < -0.39 is 21.8 Å². The zero-order valence-corrected chi connectivity index (χ0v) is 16.0. The Bertz CT molecular complexity index is 693. The number of esters is 1. The Hall–Kier alpha value is -1.22. The molecule has 6 nitrogen and oxygen atoms in total. The number of sulfonamides is 1. The molecule has 1 aromatic rings. The van der Waals surface area contributed by atoms with E-state index in [0.29, 0.717) is 25.9 Å². The van der Waals surface area contributed by atoms with Gasteiger partial charge in [0.05, 0.1) is 17.1 Å². The van der Waals surface area contributed by atoms with Crippen LogP contribution in [0.25, 0.3) is 0 Å². The summed E-state index contributed by atoms with van der Waals surface area (Å²) in [6, 6.07) is 2.95. The number of hydrogen-bond donors (Lipinski definition) is 1. The molecule has 0 bridgehead atoms. The van der Waals surface area contributed by atoms with Gasteiger partial charge in [0.1, 0.15) is 5.82 Å². The molecule has 1 aromatic carbocycles. The molecule has 142 valence electrons. The minimum Gasteiger partial charge on any atom is -0.462 e. The third-order valence-electron chi connectivity index (χ3n) is 3.87. The third-order valence-corrected chi connectivity index (χ3v) is 5.80. The number of carbonyl (C=O) groups is 1. The van der Waals surface area contributed by atoms with Gasteiger partial charge in [0.25, 0.3) is 0 Å². The summed E-state index contributed by atoms with van der Waals surface area (Å²) >= 11 is 0. The highest BCUT2D eigenvalue weighted by Crippen LogP contribution is 2.24. The first-order valence-corrected chi connectivity index (χ1v) is 9.54. The molecule has 1 unspecified atom stereocenters. The zero-order valence-electron chi connectivity index (χ0n) is 14.3. The minimum absolute atomic E-state index is 0. The van der Waals surface area contributed by atoms with Gasteiger partial charge >= 0.3 is 5.97 Å². The molecule has 0 aromatic heterocycles. The van der Waals surface area contributed by atoms with Crippen molar-refractivity contribution < 1.29 is 22.3 Å². The lowest BCUT2D eigenvalue weighted by Gasteiger charge is -2.27. The van der Waals surface area contributed by atoms with Crippen molar-refractivity contribution in [2.45, 2.75) is 37.6 Å². The molecule has 1 atom stereocenters. The monoisotopic (exact) mass is 394 g/mol. The Kier molecular flexibility index (Phi) is 8.27. The van der Waals surface area contributed by atoms with Gasteiger partial charge in [-0.25, -0.2) is 17.6 Å². The number of nitrogens with zero attached hydrogens (tertiary/aromatic N) is 1. The highest BCUT2D eigenvalue weighted by Gasteiger charge is 2.33. The number of carbonyl (C=O) groups excluding carboxylic acids is 1. The van der Waals surface area contributed by atoms with Crippen LogP contribution >= 0.6 is 12.4 Å². The Labute approximate surface area is 154 Å². The Morgan fingerprint density at radius 1 is 1.36 bits per heavy atom. The van der Waals surface area contributed by atoms with Crippen LogP contribution in [-0.2, 0) is 14.8 Å². The lowest BCUT2D eigenvalue weighted by molar-refractivity contribution is 0.0525. The highest BCUT2D eigenvalue weighted by atomic mass is 35.5. The molecular formula is C16H24ClFN2O4S. The number of ether oxygens (including phenoxy) is 1. The van der Waals surface area contributed by atoms with Gasteiger partial charge in [0, 0.05) is 19.1 Å². The summed E-state index contributed by atoms with van der Waals surface area (Å²) in [6.45, 7) is 5.31. The third kappa shape index (κ3) is 5.13. The van der Waals surface area contributed by atoms with Crippen LogP contribution in [0.2, 0.25) is 0 Å². The Morgan fingerprint density at radius 3 is 2.64 bits per heavy atom. The number of nitrogens with one attached hydrogen (secondary N) is 1. The highest BCUT2D eigenvalue weighted by molar-refractivity contribution is 7.89. The van der Waals surface area contributed by atoms with Crippen LogP contribution < -0.4 is 5.32 Å². The maximum absolute atomic E-state index is 13.9. The molecule has 25 heavy (non-hydrogen) atoms. The molecule has 0 spiro atoms. The average Bonchev–Trinajstić information content (AvgIpc) is 3.06. The second-order valence-electron chi connectivity index (χ2n) is 5.66.